The second kappa shape index (κ2) is 7.72. The van der Waals surface area contributed by atoms with E-state index in [1.807, 2.05) is 0 Å². The van der Waals surface area contributed by atoms with Gasteiger partial charge in [0.05, 0.1) is 14.1 Å². The first-order valence-electron chi connectivity index (χ1n) is 8.13. The maximum atomic E-state index is 12.3. The van der Waals surface area contributed by atoms with Crippen molar-refractivity contribution in [3.8, 4) is 11.5 Å². The van der Waals surface area contributed by atoms with Crippen molar-refractivity contribution in [2.45, 2.75) is 13.1 Å². The Kier molecular flexibility index (Phi) is 5.20. The van der Waals surface area contributed by atoms with Gasteiger partial charge in [-0.1, -0.05) is 24.3 Å². The molecular formula is C19H21N4O2+. The average Bonchev–Trinajstić information content (AvgIpc) is 3.15. The summed E-state index contributed by atoms with van der Waals surface area (Å²) in [6.45, 7) is 1.48. The first-order valence-corrected chi connectivity index (χ1v) is 8.13. The fraction of sp³-hybridized carbons (Fsp3) is 0.211. The third-order valence-electron chi connectivity index (χ3n) is 3.79. The van der Waals surface area contributed by atoms with E-state index in [1.54, 1.807) is 24.3 Å². The molecule has 3 aromatic rings. The highest BCUT2D eigenvalue weighted by Crippen LogP contribution is 2.16. The third-order valence-corrected chi connectivity index (χ3v) is 3.79. The molecule has 25 heavy (non-hydrogen) atoms. The van der Waals surface area contributed by atoms with Crippen LogP contribution < -0.4 is 10.2 Å². The Morgan fingerprint density at radius 2 is 1.72 bits per heavy atom. The quantitative estimate of drug-likeness (QED) is 0.711. The van der Waals surface area contributed by atoms with Crippen LogP contribution in [-0.4, -0.2) is 30.2 Å². The summed E-state index contributed by atoms with van der Waals surface area (Å²) in [6.07, 6.45) is 1.28. The van der Waals surface area contributed by atoms with Crippen LogP contribution in [0.3, 0.4) is 0 Å². The topological polar surface area (TPSA) is 72.5 Å². The van der Waals surface area contributed by atoms with Crippen molar-refractivity contribution in [1.29, 1.82) is 0 Å². The lowest BCUT2D eigenvalue weighted by molar-refractivity contribution is -0.872. The van der Waals surface area contributed by atoms with Crippen LogP contribution in [0.25, 0.3) is 11.5 Å². The largest absolute Gasteiger partial charge is 0.423 e. The van der Waals surface area contributed by atoms with E-state index >= 15 is 0 Å². The molecule has 3 rings (SSSR count). The van der Waals surface area contributed by atoms with Gasteiger partial charge in [-0.3, -0.25) is 4.79 Å². The summed E-state index contributed by atoms with van der Waals surface area (Å²) in [6, 6.07) is 15.4. The normalized spacial score (nSPS) is 10.8. The summed E-state index contributed by atoms with van der Waals surface area (Å²) in [5.74, 6) is 0.325. The molecule has 2 N–H and O–H groups in total. The molecule has 0 saturated carbocycles. The Hall–Kier alpha value is -2.99. The van der Waals surface area contributed by atoms with Gasteiger partial charge in [-0.2, -0.15) is 0 Å². The highest BCUT2D eigenvalue weighted by atomic mass is 16.4. The van der Waals surface area contributed by atoms with Gasteiger partial charge in [0.2, 0.25) is 12.3 Å². The van der Waals surface area contributed by atoms with Crippen molar-refractivity contribution in [2.24, 2.45) is 0 Å². The number of aromatic nitrogens is 2. The number of rotatable bonds is 6. The number of benzene rings is 2. The third kappa shape index (κ3) is 4.51. The molecular weight excluding hydrogens is 316 g/mol. The van der Waals surface area contributed by atoms with Gasteiger partial charge in [-0.15, -0.1) is 10.2 Å². The van der Waals surface area contributed by atoms with Gasteiger partial charge in [-0.05, 0) is 29.8 Å². The Morgan fingerprint density at radius 1 is 1.04 bits per heavy atom. The average molecular weight is 337 g/mol. The summed E-state index contributed by atoms with van der Waals surface area (Å²) < 4.78 is 5.13. The van der Waals surface area contributed by atoms with Crippen LogP contribution >= 0.6 is 0 Å². The van der Waals surface area contributed by atoms with E-state index in [0.29, 0.717) is 18.0 Å². The number of hydrogen-bond donors (Lipinski definition) is 2. The fourth-order valence-corrected chi connectivity index (χ4v) is 2.53. The highest BCUT2D eigenvalue weighted by molar-refractivity contribution is 5.94. The van der Waals surface area contributed by atoms with E-state index in [0.717, 1.165) is 17.7 Å². The van der Waals surface area contributed by atoms with Crippen LogP contribution in [0.4, 0.5) is 0 Å². The second-order valence-electron chi connectivity index (χ2n) is 6.20. The van der Waals surface area contributed by atoms with Crippen molar-refractivity contribution in [2.75, 3.05) is 14.1 Å². The minimum atomic E-state index is -0.112. The standard InChI is InChI=1S/C19H20N4O2/c1-23(2)12-15-5-3-14(4-6-15)11-20-18(24)16-7-9-17(10-8-16)19-22-21-13-25-19/h3-10,13H,11-12H2,1-2H3,(H,20,24)/p+1. The van der Waals surface area contributed by atoms with Crippen LogP contribution in [0.2, 0.25) is 0 Å². The molecule has 1 amide bonds. The summed E-state index contributed by atoms with van der Waals surface area (Å²) in [5, 5.41) is 10.4. The minimum Gasteiger partial charge on any atom is -0.423 e. The monoisotopic (exact) mass is 337 g/mol. The van der Waals surface area contributed by atoms with Crippen molar-refractivity contribution < 1.29 is 14.1 Å². The molecule has 0 radical (unpaired) electrons. The van der Waals surface area contributed by atoms with Gasteiger partial charge in [0, 0.05) is 23.2 Å². The number of nitrogens with one attached hydrogen (secondary N) is 2. The zero-order valence-electron chi connectivity index (χ0n) is 14.3. The molecule has 0 spiro atoms. The van der Waals surface area contributed by atoms with Crippen LogP contribution in [-0.2, 0) is 13.1 Å². The van der Waals surface area contributed by atoms with Gasteiger partial charge in [0.25, 0.3) is 5.91 Å². The molecule has 1 heterocycles. The van der Waals surface area contributed by atoms with Gasteiger partial charge >= 0.3 is 0 Å². The first-order chi connectivity index (χ1) is 12.1. The van der Waals surface area contributed by atoms with Crippen molar-refractivity contribution in [3.63, 3.8) is 0 Å². The molecule has 6 heteroatoms. The summed E-state index contributed by atoms with van der Waals surface area (Å²) in [7, 11) is 4.25. The van der Waals surface area contributed by atoms with Gasteiger partial charge in [-0.25, -0.2) is 0 Å². The maximum Gasteiger partial charge on any atom is 0.251 e. The SMILES string of the molecule is C[NH+](C)Cc1ccc(CNC(=O)c2ccc(-c3nnco3)cc2)cc1. The molecule has 0 aliphatic heterocycles. The number of quaternary nitrogens is 1. The molecule has 0 bridgehead atoms. The van der Waals surface area contributed by atoms with E-state index in [-0.39, 0.29) is 5.91 Å². The Morgan fingerprint density at radius 3 is 2.32 bits per heavy atom. The van der Waals surface area contributed by atoms with Crippen molar-refractivity contribution >= 4 is 5.91 Å². The lowest BCUT2D eigenvalue weighted by atomic mass is 10.1. The lowest BCUT2D eigenvalue weighted by Crippen LogP contribution is -3.04. The van der Waals surface area contributed by atoms with Crippen molar-refractivity contribution in [1.82, 2.24) is 15.5 Å². The molecule has 0 aliphatic carbocycles. The van der Waals surface area contributed by atoms with Crippen molar-refractivity contribution in [3.05, 3.63) is 71.6 Å². The van der Waals surface area contributed by atoms with Gasteiger partial charge in [0.1, 0.15) is 6.54 Å². The van der Waals surface area contributed by atoms with Gasteiger partial charge < -0.3 is 14.6 Å². The molecule has 1 aromatic heterocycles. The number of nitrogens with zero attached hydrogens (tertiary/aromatic N) is 2. The second-order valence-corrected chi connectivity index (χ2v) is 6.20. The predicted molar refractivity (Wildman–Crippen MR) is 93.9 cm³/mol. The molecule has 128 valence electrons. The maximum absolute atomic E-state index is 12.3. The zero-order valence-corrected chi connectivity index (χ0v) is 14.3. The van der Waals surface area contributed by atoms with E-state index in [1.165, 1.54) is 16.9 Å². The molecule has 0 fully saturated rings. The Labute approximate surface area is 146 Å². The lowest BCUT2D eigenvalue weighted by Gasteiger charge is -2.09. The zero-order chi connectivity index (χ0) is 17.6. The number of hydrogen-bond acceptors (Lipinski definition) is 4. The highest BCUT2D eigenvalue weighted by Gasteiger charge is 2.08. The number of amides is 1. The Balaban J connectivity index is 1.57. The molecule has 6 nitrogen and oxygen atoms in total. The number of carbonyl (C=O) groups excluding carboxylic acids is 1. The Bertz CT molecular complexity index is 810. The molecule has 0 aliphatic rings. The molecule has 0 atom stereocenters. The minimum absolute atomic E-state index is 0.112. The van der Waals surface area contributed by atoms with Gasteiger partial charge in [0.15, 0.2) is 0 Å². The molecule has 0 saturated heterocycles. The van der Waals surface area contributed by atoms with E-state index < -0.39 is 0 Å². The summed E-state index contributed by atoms with van der Waals surface area (Å²) >= 11 is 0. The first kappa shape index (κ1) is 16.9. The van der Waals surface area contributed by atoms with Crippen LogP contribution in [0, 0.1) is 0 Å². The van der Waals surface area contributed by atoms with E-state index in [4.69, 9.17) is 4.42 Å². The van der Waals surface area contributed by atoms with Crippen LogP contribution in [0.1, 0.15) is 21.5 Å². The smallest absolute Gasteiger partial charge is 0.251 e. The summed E-state index contributed by atoms with van der Waals surface area (Å²) in [4.78, 5) is 13.6. The van der Waals surface area contributed by atoms with E-state index in [2.05, 4.69) is 53.9 Å². The van der Waals surface area contributed by atoms with Crippen LogP contribution in [0.15, 0.2) is 59.3 Å². The van der Waals surface area contributed by atoms with E-state index in [9.17, 15) is 4.79 Å². The molecule has 0 unspecified atom stereocenters. The summed E-state index contributed by atoms with van der Waals surface area (Å²) in [5.41, 5.74) is 3.74. The fourth-order valence-electron chi connectivity index (χ4n) is 2.53. The number of carbonyl (C=O) groups is 1. The predicted octanol–water partition coefficient (Wildman–Crippen LogP) is 1.31. The molecule has 2 aromatic carbocycles. The van der Waals surface area contributed by atoms with Crippen LogP contribution in [0.5, 0.6) is 0 Å².